The molecule has 0 radical (unpaired) electrons. The van der Waals surface area contributed by atoms with Crippen molar-refractivity contribution in [2.24, 2.45) is 0 Å². The van der Waals surface area contributed by atoms with Crippen LogP contribution in [0, 0.1) is 0 Å². The first-order chi connectivity index (χ1) is 12.9. The molecule has 0 spiro atoms. The van der Waals surface area contributed by atoms with E-state index in [1.54, 1.807) is 42.5 Å². The Kier molecular flexibility index (Phi) is 5.27. The average Bonchev–Trinajstić information content (AvgIpc) is 2.65. The Balaban J connectivity index is 2.03. The van der Waals surface area contributed by atoms with E-state index in [0.29, 0.717) is 22.7 Å². The van der Waals surface area contributed by atoms with Crippen LogP contribution in [0.15, 0.2) is 52.5 Å². The maximum Gasteiger partial charge on any atom is 0.335 e. The summed E-state index contributed by atoms with van der Waals surface area (Å²) in [6.45, 7) is 0. The first-order valence-corrected chi connectivity index (χ1v) is 8.63. The van der Waals surface area contributed by atoms with E-state index < -0.39 is 17.8 Å². The molecule has 2 aromatic carbocycles. The third kappa shape index (κ3) is 3.70. The number of nitrogens with zero attached hydrogens (tertiary/aromatic N) is 1. The number of amides is 4. The highest BCUT2D eigenvalue weighted by molar-refractivity contribution is 9.10. The van der Waals surface area contributed by atoms with Gasteiger partial charge in [0.25, 0.3) is 11.8 Å². The first kappa shape index (κ1) is 18.7. The van der Waals surface area contributed by atoms with Crippen molar-refractivity contribution in [1.29, 1.82) is 0 Å². The molecule has 4 amide bonds. The summed E-state index contributed by atoms with van der Waals surface area (Å²) in [5.74, 6) is -0.429. The fraction of sp³-hybridized carbons (Fsp3) is 0.105. The summed E-state index contributed by atoms with van der Waals surface area (Å²) >= 11 is 3.35. The van der Waals surface area contributed by atoms with Gasteiger partial charge < -0.3 is 9.47 Å². The molecule has 0 unspecified atom stereocenters. The molecule has 1 saturated heterocycles. The summed E-state index contributed by atoms with van der Waals surface area (Å²) in [6, 6.07) is 10.7. The molecule has 7 nitrogen and oxygen atoms in total. The monoisotopic (exact) mass is 430 g/mol. The molecular formula is C19H15BrN2O5. The van der Waals surface area contributed by atoms with Gasteiger partial charge in [-0.05, 0) is 48.5 Å². The van der Waals surface area contributed by atoms with Gasteiger partial charge in [-0.15, -0.1) is 0 Å². The van der Waals surface area contributed by atoms with Gasteiger partial charge in [-0.25, -0.2) is 9.69 Å². The van der Waals surface area contributed by atoms with Crippen LogP contribution in [-0.4, -0.2) is 32.1 Å². The third-order valence-electron chi connectivity index (χ3n) is 3.92. The predicted molar refractivity (Wildman–Crippen MR) is 103 cm³/mol. The van der Waals surface area contributed by atoms with Crippen LogP contribution >= 0.6 is 15.9 Å². The molecule has 1 aliphatic heterocycles. The fourth-order valence-electron chi connectivity index (χ4n) is 2.60. The third-order valence-corrected chi connectivity index (χ3v) is 4.42. The Morgan fingerprint density at radius 3 is 2.33 bits per heavy atom. The van der Waals surface area contributed by atoms with Crippen LogP contribution in [0.2, 0.25) is 0 Å². The molecule has 3 rings (SSSR count). The van der Waals surface area contributed by atoms with Crippen molar-refractivity contribution in [2.75, 3.05) is 19.1 Å². The number of halogens is 1. The van der Waals surface area contributed by atoms with Crippen LogP contribution in [0.5, 0.6) is 11.5 Å². The largest absolute Gasteiger partial charge is 0.497 e. The minimum Gasteiger partial charge on any atom is -0.497 e. The van der Waals surface area contributed by atoms with E-state index in [2.05, 4.69) is 21.2 Å². The van der Waals surface area contributed by atoms with Gasteiger partial charge in [-0.3, -0.25) is 14.9 Å². The van der Waals surface area contributed by atoms with Crippen molar-refractivity contribution >= 4 is 45.5 Å². The van der Waals surface area contributed by atoms with E-state index in [1.807, 2.05) is 0 Å². The molecule has 0 saturated carbocycles. The lowest BCUT2D eigenvalue weighted by Gasteiger charge is -2.26. The van der Waals surface area contributed by atoms with Crippen LogP contribution in [0.1, 0.15) is 5.56 Å². The number of urea groups is 1. The highest BCUT2D eigenvalue weighted by atomic mass is 79.9. The number of nitrogens with one attached hydrogen (secondary N) is 1. The van der Waals surface area contributed by atoms with Crippen LogP contribution < -0.4 is 19.7 Å². The molecule has 1 heterocycles. The minimum atomic E-state index is -0.812. The Labute approximate surface area is 163 Å². The molecule has 0 aliphatic carbocycles. The Hall–Kier alpha value is -3.13. The van der Waals surface area contributed by atoms with E-state index >= 15 is 0 Å². The molecule has 8 heteroatoms. The number of carbonyl (C=O) groups is 3. The van der Waals surface area contributed by atoms with E-state index in [-0.39, 0.29) is 5.57 Å². The van der Waals surface area contributed by atoms with Crippen molar-refractivity contribution in [3.63, 3.8) is 0 Å². The van der Waals surface area contributed by atoms with E-state index in [0.717, 1.165) is 9.37 Å². The molecule has 27 heavy (non-hydrogen) atoms. The summed E-state index contributed by atoms with van der Waals surface area (Å²) in [5, 5.41) is 2.18. The highest BCUT2D eigenvalue weighted by Crippen LogP contribution is 2.28. The van der Waals surface area contributed by atoms with E-state index in [1.165, 1.54) is 20.3 Å². The predicted octanol–water partition coefficient (Wildman–Crippen LogP) is 3.13. The number of barbiturate groups is 1. The van der Waals surface area contributed by atoms with Crippen molar-refractivity contribution in [1.82, 2.24) is 5.32 Å². The number of anilines is 1. The average molecular weight is 431 g/mol. The van der Waals surface area contributed by atoms with Gasteiger partial charge in [-0.1, -0.05) is 15.9 Å². The lowest BCUT2D eigenvalue weighted by atomic mass is 10.1. The SMILES string of the molecule is COc1ccc(N2C(=O)NC(=O)/C(=C\c3cc(Br)ccc3OC)C2=O)cc1. The number of hydrogen-bond donors (Lipinski definition) is 1. The van der Waals surface area contributed by atoms with Gasteiger partial charge in [0.2, 0.25) is 0 Å². The number of carbonyl (C=O) groups excluding carboxylic acids is 3. The van der Waals surface area contributed by atoms with Gasteiger partial charge >= 0.3 is 6.03 Å². The molecule has 1 N–H and O–H groups in total. The molecule has 1 fully saturated rings. The van der Waals surface area contributed by atoms with Crippen molar-refractivity contribution < 1.29 is 23.9 Å². The molecule has 0 bridgehead atoms. The first-order valence-electron chi connectivity index (χ1n) is 7.83. The maximum absolute atomic E-state index is 12.9. The smallest absolute Gasteiger partial charge is 0.335 e. The normalized spacial score (nSPS) is 15.7. The highest BCUT2D eigenvalue weighted by Gasteiger charge is 2.37. The van der Waals surface area contributed by atoms with Crippen LogP contribution in [-0.2, 0) is 9.59 Å². The van der Waals surface area contributed by atoms with Crippen molar-refractivity contribution in [2.45, 2.75) is 0 Å². The van der Waals surface area contributed by atoms with Gasteiger partial charge in [0.1, 0.15) is 17.1 Å². The Morgan fingerprint density at radius 2 is 1.70 bits per heavy atom. The molecular weight excluding hydrogens is 416 g/mol. The Bertz CT molecular complexity index is 953. The van der Waals surface area contributed by atoms with Crippen LogP contribution in [0.25, 0.3) is 6.08 Å². The lowest BCUT2D eigenvalue weighted by Crippen LogP contribution is -2.54. The zero-order valence-corrected chi connectivity index (χ0v) is 16.1. The summed E-state index contributed by atoms with van der Waals surface area (Å²) in [6.07, 6.45) is 1.39. The van der Waals surface area contributed by atoms with E-state index in [9.17, 15) is 14.4 Å². The zero-order valence-electron chi connectivity index (χ0n) is 14.5. The second kappa shape index (κ2) is 7.63. The van der Waals surface area contributed by atoms with Gasteiger partial charge in [-0.2, -0.15) is 0 Å². The van der Waals surface area contributed by atoms with Crippen LogP contribution in [0.4, 0.5) is 10.5 Å². The summed E-state index contributed by atoms with van der Waals surface area (Å²) in [7, 11) is 3.00. The number of benzene rings is 2. The maximum atomic E-state index is 12.9. The van der Waals surface area contributed by atoms with Crippen molar-refractivity contribution in [3.8, 4) is 11.5 Å². The van der Waals surface area contributed by atoms with Crippen LogP contribution in [0.3, 0.4) is 0 Å². The number of methoxy groups -OCH3 is 2. The Morgan fingerprint density at radius 1 is 1.00 bits per heavy atom. The number of hydrogen-bond acceptors (Lipinski definition) is 5. The number of ether oxygens (including phenoxy) is 2. The lowest BCUT2D eigenvalue weighted by molar-refractivity contribution is -0.122. The van der Waals surface area contributed by atoms with Gasteiger partial charge in [0.15, 0.2) is 0 Å². The standard InChI is InChI=1S/C19H15BrN2O5/c1-26-14-6-4-13(5-7-14)22-18(24)15(17(23)21-19(22)25)10-11-9-12(20)3-8-16(11)27-2/h3-10H,1-2H3,(H,21,23,25)/b15-10+. The summed E-state index contributed by atoms with van der Waals surface area (Å²) < 4.78 is 11.1. The molecule has 1 aliphatic rings. The molecule has 0 atom stereocenters. The van der Waals surface area contributed by atoms with Crippen molar-refractivity contribution in [3.05, 3.63) is 58.1 Å². The number of imide groups is 2. The molecule has 2 aromatic rings. The quantitative estimate of drug-likeness (QED) is 0.594. The van der Waals surface area contributed by atoms with E-state index in [4.69, 9.17) is 9.47 Å². The number of rotatable bonds is 4. The fourth-order valence-corrected chi connectivity index (χ4v) is 2.98. The summed E-state index contributed by atoms with van der Waals surface area (Å²) in [4.78, 5) is 38.3. The second-order valence-electron chi connectivity index (χ2n) is 5.54. The summed E-state index contributed by atoms with van der Waals surface area (Å²) in [5.41, 5.74) is 0.661. The zero-order chi connectivity index (χ0) is 19.6. The van der Waals surface area contributed by atoms with Gasteiger partial charge in [0.05, 0.1) is 19.9 Å². The molecule has 0 aromatic heterocycles. The van der Waals surface area contributed by atoms with Gasteiger partial charge in [0, 0.05) is 10.0 Å². The minimum absolute atomic E-state index is 0.179. The molecule has 138 valence electrons. The second-order valence-corrected chi connectivity index (χ2v) is 6.46. The topological polar surface area (TPSA) is 84.9 Å².